The zero-order chi connectivity index (χ0) is 43.1. The van der Waals surface area contributed by atoms with Crippen molar-refractivity contribution in [2.45, 2.75) is 134 Å². The Morgan fingerprint density at radius 3 is 2.42 bits per heavy atom. The molecule has 0 radical (unpaired) electrons. The Morgan fingerprint density at radius 1 is 1.05 bits per heavy atom. The molecule has 3 fully saturated rings. The van der Waals surface area contributed by atoms with Gasteiger partial charge in [0.1, 0.15) is 35.1 Å². The second-order valence-corrected chi connectivity index (χ2v) is 19.0. The van der Waals surface area contributed by atoms with Crippen LogP contribution in [0.4, 0.5) is 18.0 Å². The predicted octanol–water partition coefficient (Wildman–Crippen LogP) is 5.17. The van der Waals surface area contributed by atoms with Crippen molar-refractivity contribution in [1.29, 1.82) is 0 Å². The van der Waals surface area contributed by atoms with Crippen LogP contribution in [-0.2, 0) is 35.3 Å². The number of amides is 4. The fraction of sp³-hybridized carbons (Fsp3) is 0.650. The molecule has 19 heteroatoms. The third kappa shape index (κ3) is 10.2. The highest BCUT2D eigenvalue weighted by Crippen LogP contribution is 2.46. The van der Waals surface area contributed by atoms with E-state index in [1.54, 1.807) is 33.8 Å². The van der Waals surface area contributed by atoms with E-state index in [2.05, 4.69) is 25.3 Å². The molecular weight excluding hydrogens is 798 g/mol. The van der Waals surface area contributed by atoms with Crippen molar-refractivity contribution in [2.24, 2.45) is 17.8 Å². The number of sulfonamides is 1. The average molecular weight is 851 g/mol. The Balaban J connectivity index is 1.39. The molecular formula is C40H53F3N6O9S. The van der Waals surface area contributed by atoms with Crippen molar-refractivity contribution in [3.8, 4) is 11.6 Å². The number of allylic oxidation sites excluding steroid dienone is 1. The minimum absolute atomic E-state index is 0.0436. The van der Waals surface area contributed by atoms with Crippen LogP contribution in [0.5, 0.6) is 11.6 Å². The van der Waals surface area contributed by atoms with Gasteiger partial charge in [-0.2, -0.15) is 13.2 Å². The van der Waals surface area contributed by atoms with E-state index in [0.29, 0.717) is 44.3 Å². The van der Waals surface area contributed by atoms with Crippen LogP contribution < -0.4 is 24.8 Å². The first-order valence-corrected chi connectivity index (χ1v) is 21.7. The molecule has 1 saturated heterocycles. The molecule has 4 amide bonds. The van der Waals surface area contributed by atoms with Crippen molar-refractivity contribution in [1.82, 2.24) is 30.2 Å². The summed E-state index contributed by atoms with van der Waals surface area (Å²) >= 11 is 0. The minimum atomic E-state index is -5.01. The van der Waals surface area contributed by atoms with Crippen LogP contribution in [-0.4, -0.2) is 94.8 Å². The van der Waals surface area contributed by atoms with E-state index in [1.807, 2.05) is 19.9 Å². The van der Waals surface area contributed by atoms with E-state index in [4.69, 9.17) is 14.2 Å². The number of hydrogen-bond donors (Lipinski definition) is 3. The molecule has 2 saturated carbocycles. The number of alkyl carbamates (subject to hydrolysis) is 1. The first-order chi connectivity index (χ1) is 27.6. The summed E-state index contributed by atoms with van der Waals surface area (Å²) < 4.78 is 88.4. The molecule has 2 aromatic rings. The van der Waals surface area contributed by atoms with Gasteiger partial charge < -0.3 is 29.7 Å². The van der Waals surface area contributed by atoms with Gasteiger partial charge in [0.15, 0.2) is 0 Å². The van der Waals surface area contributed by atoms with Gasteiger partial charge in [0.05, 0.1) is 29.4 Å². The Bertz CT molecular complexity index is 2090. The number of halogens is 3. The molecule has 59 heavy (non-hydrogen) atoms. The maximum absolute atomic E-state index is 14.9. The molecule has 3 N–H and O–H groups in total. The predicted molar refractivity (Wildman–Crippen MR) is 208 cm³/mol. The number of carbonyl (C=O) groups is 4. The first-order valence-electron chi connectivity index (χ1n) is 20.2. The number of ether oxygens (including phenoxy) is 3. The minimum Gasteiger partial charge on any atom is -0.494 e. The van der Waals surface area contributed by atoms with Crippen molar-refractivity contribution >= 4 is 44.9 Å². The quantitative estimate of drug-likeness (QED) is 0.282. The Kier molecular flexibility index (Phi) is 12.5. The number of benzene rings is 1. The van der Waals surface area contributed by atoms with E-state index >= 15 is 0 Å². The number of aromatic nitrogens is 2. The Morgan fingerprint density at radius 2 is 1.78 bits per heavy atom. The molecule has 7 atom stereocenters. The zero-order valence-electron chi connectivity index (χ0n) is 34.1. The second-order valence-electron chi connectivity index (χ2n) is 17.0. The molecule has 1 unspecified atom stereocenters. The lowest BCUT2D eigenvalue weighted by Gasteiger charge is -2.34. The van der Waals surface area contributed by atoms with Gasteiger partial charge in [-0.3, -0.25) is 19.1 Å². The van der Waals surface area contributed by atoms with E-state index < -0.39 is 105 Å². The van der Waals surface area contributed by atoms with Crippen LogP contribution in [0.3, 0.4) is 0 Å². The van der Waals surface area contributed by atoms with Gasteiger partial charge in [-0.25, -0.2) is 23.2 Å². The highest BCUT2D eigenvalue weighted by Gasteiger charge is 2.62. The van der Waals surface area contributed by atoms with E-state index in [9.17, 15) is 40.8 Å². The van der Waals surface area contributed by atoms with Crippen molar-refractivity contribution in [3.05, 3.63) is 36.0 Å². The lowest BCUT2D eigenvalue weighted by molar-refractivity contribution is -0.143. The summed E-state index contributed by atoms with van der Waals surface area (Å²) in [6.45, 7) is 10.5. The SMILES string of the molecule is CCOc1ccc2nc(C(F)(F)F)c(O[C@@H]3C[C@H]4C(=O)N[C@]5(C(=O)NS(=O)(=O)C6CC6)CC5/C=C\CC[C@@H](C)C[C@@H](CC)[C@H](NC(=O)OC(C)(C)C)C(=O)N4C3)nc2c1. The van der Waals surface area contributed by atoms with E-state index in [0.717, 1.165) is 4.90 Å². The van der Waals surface area contributed by atoms with E-state index in [1.165, 1.54) is 18.2 Å². The molecule has 4 aliphatic rings. The lowest BCUT2D eigenvalue weighted by Crippen LogP contribution is -2.59. The number of fused-ring (bicyclic) bond motifs is 3. The first kappa shape index (κ1) is 43.9. The van der Waals surface area contributed by atoms with Gasteiger partial charge in [0.25, 0.3) is 5.91 Å². The molecule has 6 rings (SSSR count). The summed E-state index contributed by atoms with van der Waals surface area (Å²) in [4.78, 5) is 65.6. The normalized spacial score (nSPS) is 28.6. The maximum atomic E-state index is 14.9. The van der Waals surface area contributed by atoms with Gasteiger partial charge in [-0.1, -0.05) is 32.4 Å². The third-order valence-corrected chi connectivity index (χ3v) is 12.9. The number of nitrogens with zero attached hydrogens (tertiary/aromatic N) is 3. The summed E-state index contributed by atoms with van der Waals surface area (Å²) in [6.07, 6.45) is -0.777. The van der Waals surface area contributed by atoms with Gasteiger partial charge in [-0.15, -0.1) is 0 Å². The molecule has 1 aromatic heterocycles. The maximum Gasteiger partial charge on any atom is 0.438 e. The molecule has 2 aliphatic heterocycles. The average Bonchev–Trinajstić information content (AvgIpc) is 4.06. The van der Waals surface area contributed by atoms with Crippen molar-refractivity contribution < 1.29 is 55.0 Å². The number of rotatable bonds is 9. The van der Waals surface area contributed by atoms with Gasteiger partial charge in [0, 0.05) is 18.4 Å². The lowest BCUT2D eigenvalue weighted by atomic mass is 9.85. The molecule has 1 aromatic carbocycles. The van der Waals surface area contributed by atoms with Crippen LogP contribution >= 0.6 is 0 Å². The topological polar surface area (TPSA) is 195 Å². The summed E-state index contributed by atoms with van der Waals surface area (Å²) in [5.41, 5.74) is -4.05. The van der Waals surface area contributed by atoms with Gasteiger partial charge in [0.2, 0.25) is 33.4 Å². The summed E-state index contributed by atoms with van der Waals surface area (Å²) in [5, 5.41) is 4.75. The van der Waals surface area contributed by atoms with Crippen LogP contribution in [0.15, 0.2) is 30.4 Å². The fourth-order valence-corrected chi connectivity index (χ4v) is 9.21. The number of nitrogens with one attached hydrogen (secondary N) is 3. The molecule has 324 valence electrons. The molecule has 0 bridgehead atoms. The standard InChI is InChI=1S/C40H53F3N6O9S/c1-7-23-17-22(3)11-9-10-12-24-20-39(24,36(52)48-59(54,55)27-14-15-27)47-33(50)30-19-26(21-49(30)35(51)31(23)46-37(53)58-38(4,5)6)57-34-32(40(41,42)43)44-28-16-13-25(56-8-2)18-29(28)45-34/h10,12-13,16,18,22-24,26-27,30-31H,7-9,11,14-15,17,19-21H2,1-6H3,(H,46,53)(H,47,50)(H,48,52)/b12-10-/t22-,23-,24?,26-,30+,31+,39-/m1/s1. The van der Waals surface area contributed by atoms with Crippen LogP contribution in [0.25, 0.3) is 11.0 Å². The van der Waals surface area contributed by atoms with Gasteiger partial charge in [-0.05, 0) is 90.2 Å². The Hall–Kier alpha value is -4.68. The van der Waals surface area contributed by atoms with Crippen molar-refractivity contribution in [3.63, 3.8) is 0 Å². The summed E-state index contributed by atoms with van der Waals surface area (Å²) in [6, 6.07) is 1.56. The molecule has 15 nitrogen and oxygen atoms in total. The number of carbonyl (C=O) groups excluding carboxylic acids is 4. The monoisotopic (exact) mass is 850 g/mol. The summed E-state index contributed by atoms with van der Waals surface area (Å²) in [7, 11) is -4.01. The smallest absolute Gasteiger partial charge is 0.438 e. The van der Waals surface area contributed by atoms with Crippen LogP contribution in [0, 0.1) is 17.8 Å². The zero-order valence-corrected chi connectivity index (χ0v) is 34.9. The molecule has 3 heterocycles. The molecule has 0 spiro atoms. The van der Waals surface area contributed by atoms with Crippen LogP contribution in [0.2, 0.25) is 0 Å². The fourth-order valence-electron chi connectivity index (χ4n) is 7.85. The number of hydrogen-bond acceptors (Lipinski definition) is 11. The summed E-state index contributed by atoms with van der Waals surface area (Å²) in [5.74, 6) is -4.01. The third-order valence-electron chi connectivity index (χ3n) is 11.1. The van der Waals surface area contributed by atoms with Crippen molar-refractivity contribution in [2.75, 3.05) is 13.2 Å². The van der Waals surface area contributed by atoms with Gasteiger partial charge >= 0.3 is 12.3 Å². The Labute approximate surface area is 341 Å². The highest BCUT2D eigenvalue weighted by atomic mass is 32.2. The largest absolute Gasteiger partial charge is 0.494 e. The number of alkyl halides is 3. The highest BCUT2D eigenvalue weighted by molar-refractivity contribution is 7.91. The van der Waals surface area contributed by atoms with E-state index in [-0.39, 0.29) is 36.4 Å². The molecule has 2 aliphatic carbocycles. The van der Waals surface area contributed by atoms with Crippen LogP contribution in [0.1, 0.15) is 98.6 Å². The second kappa shape index (κ2) is 16.8.